The smallest absolute Gasteiger partial charge is 0.132 e. The Balaban J connectivity index is 1.88. The van der Waals surface area contributed by atoms with Crippen molar-refractivity contribution in [2.75, 3.05) is 44.7 Å². The van der Waals surface area contributed by atoms with Crippen molar-refractivity contribution >= 4 is 5.82 Å². The highest BCUT2D eigenvalue weighted by Crippen LogP contribution is 2.19. The summed E-state index contributed by atoms with van der Waals surface area (Å²) in [7, 11) is 1.67. The second-order valence-corrected chi connectivity index (χ2v) is 4.90. The summed E-state index contributed by atoms with van der Waals surface area (Å²) in [5.41, 5.74) is 0. The summed E-state index contributed by atoms with van der Waals surface area (Å²) in [6.07, 6.45) is 2.39. The highest BCUT2D eigenvalue weighted by Gasteiger charge is 2.19. The van der Waals surface area contributed by atoms with Gasteiger partial charge >= 0.3 is 0 Å². The fourth-order valence-corrected chi connectivity index (χ4v) is 2.29. The Morgan fingerprint density at radius 2 is 2.11 bits per heavy atom. The third-order valence-electron chi connectivity index (χ3n) is 3.59. The molecule has 1 atom stereocenters. The molecule has 2 rings (SSSR count). The first kappa shape index (κ1) is 14.1. The number of ether oxygens (including phenoxy) is 1. The van der Waals surface area contributed by atoms with Gasteiger partial charge in [0, 0.05) is 45.0 Å². The number of aromatic nitrogens is 1. The fraction of sp³-hybridized carbons (Fsp3) is 0.643. The lowest BCUT2D eigenvalue weighted by molar-refractivity contribution is 0.106. The molecule has 0 spiro atoms. The van der Waals surface area contributed by atoms with Crippen LogP contribution in [0.3, 0.4) is 0 Å². The lowest BCUT2D eigenvalue weighted by atomic mass is 10.2. The molecule has 0 amide bonds. The molecular weight excluding hydrogens is 242 g/mol. The largest absolute Gasteiger partial charge is 0.497 e. The summed E-state index contributed by atoms with van der Waals surface area (Å²) in [5.74, 6) is 1.81. The molecule has 1 unspecified atom stereocenters. The molecule has 5 nitrogen and oxygen atoms in total. The highest BCUT2D eigenvalue weighted by molar-refractivity contribution is 5.43. The average Bonchev–Trinajstić information content (AvgIpc) is 2.48. The molecule has 0 aliphatic carbocycles. The van der Waals surface area contributed by atoms with Gasteiger partial charge in [0.15, 0.2) is 0 Å². The standard InChI is InChI=1S/C14H23N3O2/c1-3-12(18)11-16-6-8-17(9-7-16)14-10-13(19-2)4-5-15-14/h4-5,10,12,18H,3,6-9,11H2,1-2H3. The molecule has 1 N–H and O–H groups in total. The minimum absolute atomic E-state index is 0.207. The Morgan fingerprint density at radius 3 is 2.74 bits per heavy atom. The van der Waals surface area contributed by atoms with E-state index in [1.807, 2.05) is 19.1 Å². The van der Waals surface area contributed by atoms with E-state index < -0.39 is 0 Å². The zero-order valence-electron chi connectivity index (χ0n) is 11.7. The fourth-order valence-electron chi connectivity index (χ4n) is 2.29. The van der Waals surface area contributed by atoms with Crippen molar-refractivity contribution in [3.05, 3.63) is 18.3 Å². The summed E-state index contributed by atoms with van der Waals surface area (Å²) in [5, 5.41) is 9.68. The van der Waals surface area contributed by atoms with Crippen LogP contribution in [0.2, 0.25) is 0 Å². The maximum Gasteiger partial charge on any atom is 0.132 e. The molecule has 19 heavy (non-hydrogen) atoms. The first-order chi connectivity index (χ1) is 9.22. The van der Waals surface area contributed by atoms with Gasteiger partial charge in [-0.25, -0.2) is 4.98 Å². The van der Waals surface area contributed by atoms with E-state index in [4.69, 9.17) is 4.74 Å². The van der Waals surface area contributed by atoms with Crippen molar-refractivity contribution in [1.29, 1.82) is 0 Å². The summed E-state index contributed by atoms with van der Waals surface area (Å²) in [6, 6.07) is 3.83. The van der Waals surface area contributed by atoms with Crippen LogP contribution < -0.4 is 9.64 Å². The van der Waals surface area contributed by atoms with Gasteiger partial charge in [0.1, 0.15) is 11.6 Å². The predicted molar refractivity (Wildman–Crippen MR) is 75.7 cm³/mol. The third kappa shape index (κ3) is 3.81. The zero-order valence-corrected chi connectivity index (χ0v) is 11.7. The number of piperazine rings is 1. The van der Waals surface area contributed by atoms with Crippen LogP contribution >= 0.6 is 0 Å². The van der Waals surface area contributed by atoms with E-state index in [2.05, 4.69) is 14.8 Å². The summed E-state index contributed by atoms with van der Waals surface area (Å²) >= 11 is 0. The number of methoxy groups -OCH3 is 1. The van der Waals surface area contributed by atoms with E-state index in [0.29, 0.717) is 0 Å². The molecule has 1 aliphatic rings. The molecule has 106 valence electrons. The molecule has 1 aliphatic heterocycles. The third-order valence-corrected chi connectivity index (χ3v) is 3.59. The van der Waals surface area contributed by atoms with Gasteiger partial charge in [-0.2, -0.15) is 0 Å². The molecule has 1 fully saturated rings. The van der Waals surface area contributed by atoms with Crippen LogP contribution in [-0.4, -0.2) is 60.9 Å². The second kappa shape index (κ2) is 6.73. The van der Waals surface area contributed by atoms with Gasteiger partial charge in [-0.05, 0) is 12.5 Å². The summed E-state index contributed by atoms with van der Waals surface area (Å²) in [4.78, 5) is 8.96. The topological polar surface area (TPSA) is 48.8 Å². The van der Waals surface area contributed by atoms with Crippen molar-refractivity contribution in [3.63, 3.8) is 0 Å². The van der Waals surface area contributed by atoms with Crippen molar-refractivity contribution < 1.29 is 9.84 Å². The van der Waals surface area contributed by atoms with Crippen molar-refractivity contribution in [2.24, 2.45) is 0 Å². The van der Waals surface area contributed by atoms with Crippen molar-refractivity contribution in [1.82, 2.24) is 9.88 Å². The van der Waals surface area contributed by atoms with Crippen molar-refractivity contribution in [3.8, 4) is 5.75 Å². The van der Waals surface area contributed by atoms with Crippen LogP contribution in [0, 0.1) is 0 Å². The zero-order chi connectivity index (χ0) is 13.7. The maximum atomic E-state index is 9.68. The molecule has 5 heteroatoms. The van der Waals surface area contributed by atoms with Gasteiger partial charge in [-0.15, -0.1) is 0 Å². The number of nitrogens with zero attached hydrogens (tertiary/aromatic N) is 3. The van der Waals surface area contributed by atoms with Crippen molar-refractivity contribution in [2.45, 2.75) is 19.4 Å². The number of rotatable bonds is 5. The first-order valence-corrected chi connectivity index (χ1v) is 6.88. The van der Waals surface area contributed by atoms with E-state index in [1.54, 1.807) is 13.3 Å². The van der Waals surface area contributed by atoms with E-state index in [9.17, 15) is 5.11 Å². The Morgan fingerprint density at radius 1 is 1.37 bits per heavy atom. The molecule has 2 heterocycles. The van der Waals surface area contributed by atoms with E-state index in [1.165, 1.54) is 0 Å². The number of aliphatic hydroxyl groups excluding tert-OH is 1. The Kier molecular flexibility index (Phi) is 4.99. The van der Waals surface area contributed by atoms with Gasteiger partial charge in [-0.3, -0.25) is 4.90 Å². The Labute approximate surface area is 114 Å². The van der Waals surface area contributed by atoms with Crippen LogP contribution in [0.15, 0.2) is 18.3 Å². The molecule has 0 saturated carbocycles. The van der Waals surface area contributed by atoms with E-state index in [-0.39, 0.29) is 6.10 Å². The van der Waals surface area contributed by atoms with Gasteiger partial charge in [0.25, 0.3) is 0 Å². The van der Waals surface area contributed by atoms with Gasteiger partial charge in [-0.1, -0.05) is 6.92 Å². The molecule has 1 aromatic rings. The quantitative estimate of drug-likeness (QED) is 0.860. The van der Waals surface area contributed by atoms with Crippen LogP contribution in [0.1, 0.15) is 13.3 Å². The molecule has 0 bridgehead atoms. The number of hydrogen-bond donors (Lipinski definition) is 1. The number of pyridine rings is 1. The Bertz CT molecular complexity index is 392. The average molecular weight is 265 g/mol. The summed E-state index contributed by atoms with van der Waals surface area (Å²) < 4.78 is 5.22. The monoisotopic (exact) mass is 265 g/mol. The number of hydrogen-bond acceptors (Lipinski definition) is 5. The molecular formula is C14H23N3O2. The van der Waals surface area contributed by atoms with Gasteiger partial charge < -0.3 is 14.7 Å². The number of β-amino-alcohol motifs (C(OH)–C–C–N with tert-alkyl or cyclic N) is 1. The molecule has 0 radical (unpaired) electrons. The van der Waals surface area contributed by atoms with Gasteiger partial charge in [0.2, 0.25) is 0 Å². The highest BCUT2D eigenvalue weighted by atomic mass is 16.5. The number of anilines is 1. The minimum Gasteiger partial charge on any atom is -0.497 e. The van der Waals surface area contributed by atoms with Crippen LogP contribution in [0.4, 0.5) is 5.82 Å². The second-order valence-electron chi connectivity index (χ2n) is 4.90. The normalized spacial score (nSPS) is 18.4. The first-order valence-electron chi connectivity index (χ1n) is 6.88. The lowest BCUT2D eigenvalue weighted by Gasteiger charge is -2.36. The minimum atomic E-state index is -0.207. The van der Waals surface area contributed by atoms with Crippen LogP contribution in [0.25, 0.3) is 0 Å². The van der Waals surface area contributed by atoms with E-state index >= 15 is 0 Å². The Hall–Kier alpha value is -1.33. The molecule has 1 aromatic heterocycles. The molecule has 0 aromatic carbocycles. The molecule has 1 saturated heterocycles. The summed E-state index contributed by atoms with van der Waals surface area (Å²) in [6.45, 7) is 6.61. The maximum absolute atomic E-state index is 9.68. The number of aliphatic hydroxyl groups is 1. The predicted octanol–water partition coefficient (Wildman–Crippen LogP) is 0.983. The van der Waals surface area contributed by atoms with Crippen LogP contribution in [-0.2, 0) is 0 Å². The van der Waals surface area contributed by atoms with Gasteiger partial charge in [0.05, 0.1) is 13.2 Å². The van der Waals surface area contributed by atoms with Crippen LogP contribution in [0.5, 0.6) is 5.75 Å². The lowest BCUT2D eigenvalue weighted by Crippen LogP contribution is -2.48. The SMILES string of the molecule is CCC(O)CN1CCN(c2cc(OC)ccn2)CC1. The van der Waals surface area contributed by atoms with E-state index in [0.717, 1.165) is 50.7 Å².